The zero-order valence-corrected chi connectivity index (χ0v) is 10.5. The maximum atomic E-state index is 10.5. The van der Waals surface area contributed by atoms with E-state index in [4.69, 9.17) is 0 Å². The van der Waals surface area contributed by atoms with Crippen LogP contribution in [0.1, 0.15) is 57.4 Å². The number of aryl methyl sites for hydroxylation is 1. The van der Waals surface area contributed by atoms with E-state index in [0.29, 0.717) is 18.7 Å². The first-order chi connectivity index (χ1) is 8.17. The maximum absolute atomic E-state index is 10.5. The van der Waals surface area contributed by atoms with E-state index < -0.39 is 11.7 Å². The van der Waals surface area contributed by atoms with Crippen molar-refractivity contribution < 1.29 is 10.2 Å². The fourth-order valence-corrected chi connectivity index (χ4v) is 2.68. The van der Waals surface area contributed by atoms with Crippen LogP contribution in [0.3, 0.4) is 0 Å². The number of rotatable bonds is 4. The lowest BCUT2D eigenvalue weighted by molar-refractivity contribution is -0.104. The Morgan fingerprint density at radius 2 is 2.12 bits per heavy atom. The molecule has 1 atom stereocenters. The Labute approximate surface area is 102 Å². The normalized spacial score (nSPS) is 21.4. The number of hydrogen-bond acceptors (Lipinski definition) is 3. The van der Waals surface area contributed by atoms with Gasteiger partial charge in [-0.2, -0.15) is 0 Å². The van der Waals surface area contributed by atoms with Gasteiger partial charge in [0.05, 0.1) is 5.60 Å². The summed E-state index contributed by atoms with van der Waals surface area (Å²) in [6, 6.07) is 0. The quantitative estimate of drug-likeness (QED) is 0.843. The van der Waals surface area contributed by atoms with E-state index >= 15 is 0 Å². The molecule has 0 saturated heterocycles. The first-order valence-electron chi connectivity index (χ1n) is 6.59. The Balaban J connectivity index is 2.17. The summed E-state index contributed by atoms with van der Waals surface area (Å²) in [7, 11) is 0. The van der Waals surface area contributed by atoms with E-state index in [1.807, 2.05) is 10.8 Å². The Morgan fingerprint density at radius 3 is 2.76 bits per heavy atom. The van der Waals surface area contributed by atoms with Gasteiger partial charge in [-0.05, 0) is 19.3 Å². The van der Waals surface area contributed by atoms with Crippen molar-refractivity contribution in [3.05, 3.63) is 18.2 Å². The SMILES string of the molecule is CCCn1ccnc1C(O)C1(O)CCCCC1. The van der Waals surface area contributed by atoms with Gasteiger partial charge >= 0.3 is 0 Å². The third-order valence-corrected chi connectivity index (χ3v) is 3.69. The Morgan fingerprint density at radius 1 is 1.41 bits per heavy atom. The number of hydrogen-bond donors (Lipinski definition) is 2. The van der Waals surface area contributed by atoms with E-state index in [9.17, 15) is 10.2 Å². The third-order valence-electron chi connectivity index (χ3n) is 3.69. The van der Waals surface area contributed by atoms with Gasteiger partial charge in [-0.25, -0.2) is 4.98 Å². The van der Waals surface area contributed by atoms with Crippen molar-refractivity contribution in [3.63, 3.8) is 0 Å². The second-order valence-electron chi connectivity index (χ2n) is 5.05. The number of imidazole rings is 1. The van der Waals surface area contributed by atoms with Crippen molar-refractivity contribution in [3.8, 4) is 0 Å². The van der Waals surface area contributed by atoms with Crippen LogP contribution in [0.15, 0.2) is 12.4 Å². The molecule has 1 aliphatic rings. The molecule has 17 heavy (non-hydrogen) atoms. The Kier molecular flexibility index (Phi) is 3.84. The maximum Gasteiger partial charge on any atom is 0.140 e. The van der Waals surface area contributed by atoms with Crippen molar-refractivity contribution in [2.45, 2.75) is 63.7 Å². The minimum atomic E-state index is -0.977. The van der Waals surface area contributed by atoms with Gasteiger partial charge in [-0.1, -0.05) is 26.2 Å². The highest BCUT2D eigenvalue weighted by Gasteiger charge is 2.39. The molecule has 0 aromatic carbocycles. The Bertz CT molecular complexity index is 356. The minimum Gasteiger partial charge on any atom is -0.387 e. The van der Waals surface area contributed by atoms with Crippen molar-refractivity contribution >= 4 is 0 Å². The molecular weight excluding hydrogens is 216 g/mol. The molecule has 1 aromatic rings. The van der Waals surface area contributed by atoms with Gasteiger partial charge in [-0.3, -0.25) is 0 Å². The molecule has 1 unspecified atom stereocenters. The average molecular weight is 238 g/mol. The number of aliphatic hydroxyl groups is 2. The second kappa shape index (κ2) is 5.19. The fourth-order valence-electron chi connectivity index (χ4n) is 2.68. The molecule has 0 bridgehead atoms. The number of nitrogens with zero attached hydrogens (tertiary/aromatic N) is 2. The van der Waals surface area contributed by atoms with Gasteiger partial charge in [0, 0.05) is 18.9 Å². The molecule has 0 aliphatic heterocycles. The van der Waals surface area contributed by atoms with Crippen LogP contribution in [0.2, 0.25) is 0 Å². The predicted octanol–water partition coefficient (Wildman–Crippen LogP) is 2.02. The molecule has 1 saturated carbocycles. The summed E-state index contributed by atoms with van der Waals surface area (Å²) < 4.78 is 1.94. The molecule has 0 spiro atoms. The molecular formula is C13H22N2O2. The summed E-state index contributed by atoms with van der Waals surface area (Å²) in [5.41, 5.74) is -0.977. The van der Waals surface area contributed by atoms with Crippen molar-refractivity contribution in [2.75, 3.05) is 0 Å². The lowest BCUT2D eigenvalue weighted by atomic mass is 9.80. The van der Waals surface area contributed by atoms with Gasteiger partial charge < -0.3 is 14.8 Å². The van der Waals surface area contributed by atoms with Gasteiger partial charge in [0.1, 0.15) is 11.9 Å². The molecule has 1 heterocycles. The van der Waals surface area contributed by atoms with Gasteiger partial charge in [0.25, 0.3) is 0 Å². The number of aromatic nitrogens is 2. The van der Waals surface area contributed by atoms with Gasteiger partial charge in [0.2, 0.25) is 0 Å². The molecule has 4 nitrogen and oxygen atoms in total. The largest absolute Gasteiger partial charge is 0.387 e. The van der Waals surface area contributed by atoms with Crippen LogP contribution in [0.25, 0.3) is 0 Å². The molecule has 1 aromatic heterocycles. The van der Waals surface area contributed by atoms with E-state index in [-0.39, 0.29) is 0 Å². The molecule has 4 heteroatoms. The second-order valence-corrected chi connectivity index (χ2v) is 5.05. The van der Waals surface area contributed by atoms with Gasteiger partial charge in [0.15, 0.2) is 0 Å². The standard InChI is InChI=1S/C13H22N2O2/c1-2-9-15-10-8-14-12(15)11(16)13(17)6-4-3-5-7-13/h8,10-11,16-17H,2-7,9H2,1H3. The summed E-state index contributed by atoms with van der Waals surface area (Å²) >= 11 is 0. The summed E-state index contributed by atoms with van der Waals surface area (Å²) in [4.78, 5) is 4.21. The van der Waals surface area contributed by atoms with Crippen molar-refractivity contribution in [1.82, 2.24) is 9.55 Å². The zero-order chi connectivity index (χ0) is 12.3. The summed E-state index contributed by atoms with van der Waals surface area (Å²) in [5, 5.41) is 20.9. The van der Waals surface area contributed by atoms with Crippen molar-refractivity contribution in [1.29, 1.82) is 0 Å². The third kappa shape index (κ3) is 2.53. The highest BCUT2D eigenvalue weighted by molar-refractivity contribution is 5.05. The van der Waals surface area contributed by atoms with E-state index in [1.165, 1.54) is 0 Å². The van der Waals surface area contributed by atoms with Crippen LogP contribution >= 0.6 is 0 Å². The molecule has 1 fully saturated rings. The summed E-state index contributed by atoms with van der Waals surface area (Å²) in [5.74, 6) is 0.608. The minimum absolute atomic E-state index is 0.608. The van der Waals surface area contributed by atoms with E-state index in [1.54, 1.807) is 6.20 Å². The lowest BCUT2D eigenvalue weighted by Crippen LogP contribution is -2.39. The fraction of sp³-hybridized carbons (Fsp3) is 0.769. The predicted molar refractivity (Wildman–Crippen MR) is 65.5 cm³/mol. The monoisotopic (exact) mass is 238 g/mol. The first-order valence-corrected chi connectivity index (χ1v) is 6.59. The lowest BCUT2D eigenvalue weighted by Gasteiger charge is -2.36. The van der Waals surface area contributed by atoms with E-state index in [2.05, 4.69) is 11.9 Å². The van der Waals surface area contributed by atoms with Crippen LogP contribution < -0.4 is 0 Å². The topological polar surface area (TPSA) is 58.3 Å². The summed E-state index contributed by atoms with van der Waals surface area (Å²) in [6.45, 7) is 2.92. The van der Waals surface area contributed by atoms with Crippen LogP contribution in [0.4, 0.5) is 0 Å². The molecule has 96 valence electrons. The van der Waals surface area contributed by atoms with Gasteiger partial charge in [-0.15, -0.1) is 0 Å². The van der Waals surface area contributed by atoms with Crippen LogP contribution in [0.5, 0.6) is 0 Å². The van der Waals surface area contributed by atoms with Crippen LogP contribution in [-0.2, 0) is 6.54 Å². The molecule has 0 radical (unpaired) electrons. The molecule has 2 N–H and O–H groups in total. The highest BCUT2D eigenvalue weighted by atomic mass is 16.3. The summed E-state index contributed by atoms with van der Waals surface area (Å²) in [6.07, 6.45) is 8.18. The smallest absolute Gasteiger partial charge is 0.140 e. The first kappa shape index (κ1) is 12.6. The Hall–Kier alpha value is -0.870. The molecule has 0 amide bonds. The highest BCUT2D eigenvalue weighted by Crippen LogP contribution is 2.37. The average Bonchev–Trinajstić information content (AvgIpc) is 2.78. The van der Waals surface area contributed by atoms with Crippen LogP contribution in [0, 0.1) is 0 Å². The molecule has 2 rings (SSSR count). The number of aliphatic hydroxyl groups excluding tert-OH is 1. The van der Waals surface area contributed by atoms with Crippen LogP contribution in [-0.4, -0.2) is 25.4 Å². The zero-order valence-electron chi connectivity index (χ0n) is 10.5. The van der Waals surface area contributed by atoms with Crippen molar-refractivity contribution in [2.24, 2.45) is 0 Å². The van der Waals surface area contributed by atoms with E-state index in [0.717, 1.165) is 32.2 Å². The molecule has 1 aliphatic carbocycles.